The zero-order chi connectivity index (χ0) is 13.1. The Morgan fingerprint density at radius 1 is 1.50 bits per heavy atom. The number of hydrogen-bond acceptors (Lipinski definition) is 4. The molecular weight excluding hydrogens is 232 g/mol. The number of carbonyl (C=O) groups excluding carboxylic acids is 1. The molecule has 0 unspecified atom stereocenters. The van der Waals surface area contributed by atoms with Crippen LogP contribution in [0.1, 0.15) is 29.5 Å². The molecule has 2 heterocycles. The molecule has 2 aromatic heterocycles. The summed E-state index contributed by atoms with van der Waals surface area (Å²) in [5.74, 6) is 0.416. The Kier molecular flexibility index (Phi) is 3.45. The molecule has 0 bridgehead atoms. The van der Waals surface area contributed by atoms with Crippen molar-refractivity contribution in [2.45, 2.75) is 19.9 Å². The molecule has 0 amide bonds. The summed E-state index contributed by atoms with van der Waals surface area (Å²) in [6.07, 6.45) is 2.55. The lowest BCUT2D eigenvalue weighted by Crippen LogP contribution is -2.12. The number of rotatable bonds is 5. The number of hydrogen-bond donors (Lipinski definition) is 0. The first-order chi connectivity index (χ1) is 8.67. The van der Waals surface area contributed by atoms with Crippen LogP contribution in [0.25, 0.3) is 0 Å². The first-order valence-electron chi connectivity index (χ1n) is 5.82. The van der Waals surface area contributed by atoms with Gasteiger partial charge in [-0.05, 0) is 12.5 Å². The van der Waals surface area contributed by atoms with E-state index in [-0.39, 0.29) is 5.78 Å². The second kappa shape index (κ2) is 5.03. The van der Waals surface area contributed by atoms with Crippen molar-refractivity contribution in [1.82, 2.24) is 19.6 Å². The molecule has 6 heteroatoms. The summed E-state index contributed by atoms with van der Waals surface area (Å²) in [6.45, 7) is 2.76. The molecule has 96 valence electrons. The molecule has 0 aliphatic heterocycles. The Hall–Kier alpha value is -2.11. The third kappa shape index (κ3) is 2.13. The van der Waals surface area contributed by atoms with Crippen molar-refractivity contribution in [1.29, 1.82) is 0 Å². The number of aryl methyl sites for hydroxylation is 2. The number of ketones is 1. The summed E-state index contributed by atoms with van der Waals surface area (Å²) < 4.78 is 8.33. The zero-order valence-corrected chi connectivity index (χ0v) is 10.8. The van der Waals surface area contributed by atoms with Gasteiger partial charge >= 0.3 is 0 Å². The van der Waals surface area contributed by atoms with Gasteiger partial charge in [0.2, 0.25) is 11.7 Å². The van der Waals surface area contributed by atoms with Crippen molar-refractivity contribution in [2.75, 3.05) is 7.11 Å². The van der Waals surface area contributed by atoms with Crippen molar-refractivity contribution in [2.24, 2.45) is 7.05 Å². The third-order valence-corrected chi connectivity index (χ3v) is 2.66. The minimum Gasteiger partial charge on any atom is -0.481 e. The van der Waals surface area contributed by atoms with E-state index in [2.05, 4.69) is 10.2 Å². The maximum absolute atomic E-state index is 12.3. The van der Waals surface area contributed by atoms with Crippen molar-refractivity contribution >= 4 is 5.78 Å². The van der Waals surface area contributed by atoms with Gasteiger partial charge in [0.05, 0.1) is 7.11 Å². The Balaban J connectivity index is 2.32. The summed E-state index contributed by atoms with van der Waals surface area (Å²) in [5, 5.41) is 8.27. The highest BCUT2D eigenvalue weighted by atomic mass is 16.5. The second-order valence-electron chi connectivity index (χ2n) is 3.96. The lowest BCUT2D eigenvalue weighted by atomic mass is 10.2. The van der Waals surface area contributed by atoms with Gasteiger partial charge in [-0.1, -0.05) is 6.92 Å². The molecule has 0 saturated carbocycles. The fourth-order valence-electron chi connectivity index (χ4n) is 1.80. The van der Waals surface area contributed by atoms with Crippen LogP contribution in [0.3, 0.4) is 0 Å². The highest BCUT2D eigenvalue weighted by Crippen LogP contribution is 2.15. The topological polar surface area (TPSA) is 61.9 Å². The molecule has 0 atom stereocenters. The summed E-state index contributed by atoms with van der Waals surface area (Å²) in [4.78, 5) is 12.3. The van der Waals surface area contributed by atoms with E-state index < -0.39 is 0 Å². The quantitative estimate of drug-likeness (QED) is 0.747. The number of ether oxygens (including phenoxy) is 1. The van der Waals surface area contributed by atoms with Crippen molar-refractivity contribution in [3.05, 3.63) is 29.7 Å². The number of carbonyl (C=O) groups is 1. The van der Waals surface area contributed by atoms with E-state index in [4.69, 9.17) is 4.74 Å². The van der Waals surface area contributed by atoms with E-state index in [0.717, 1.165) is 13.0 Å². The first kappa shape index (κ1) is 12.3. The normalized spacial score (nSPS) is 10.6. The third-order valence-electron chi connectivity index (χ3n) is 2.66. The molecule has 0 fully saturated rings. The molecule has 0 spiro atoms. The highest BCUT2D eigenvalue weighted by Gasteiger charge is 2.18. The Bertz CT molecular complexity index is 556. The van der Waals surface area contributed by atoms with Gasteiger partial charge in [-0.2, -0.15) is 10.2 Å². The van der Waals surface area contributed by atoms with Crippen molar-refractivity contribution < 1.29 is 9.53 Å². The zero-order valence-electron chi connectivity index (χ0n) is 10.8. The van der Waals surface area contributed by atoms with E-state index in [1.807, 2.05) is 6.92 Å². The van der Waals surface area contributed by atoms with Crippen molar-refractivity contribution in [3.63, 3.8) is 0 Å². The molecule has 0 N–H and O–H groups in total. The predicted molar refractivity (Wildman–Crippen MR) is 65.7 cm³/mol. The average Bonchev–Trinajstić information content (AvgIpc) is 2.95. The predicted octanol–water partition coefficient (Wildman–Crippen LogP) is 1.27. The molecule has 0 saturated heterocycles. The maximum Gasteiger partial charge on any atom is 0.231 e. The molecule has 0 aromatic carbocycles. The van der Waals surface area contributed by atoms with E-state index in [1.54, 1.807) is 37.2 Å². The summed E-state index contributed by atoms with van der Waals surface area (Å²) >= 11 is 0. The Labute approximate surface area is 105 Å². The van der Waals surface area contributed by atoms with E-state index >= 15 is 0 Å². The molecule has 0 aliphatic rings. The van der Waals surface area contributed by atoms with Crippen LogP contribution in [-0.4, -0.2) is 32.5 Å². The van der Waals surface area contributed by atoms with Crippen LogP contribution in [0.15, 0.2) is 18.3 Å². The largest absolute Gasteiger partial charge is 0.481 e. The molecular formula is C12H16N4O2. The van der Waals surface area contributed by atoms with Gasteiger partial charge in [0.25, 0.3) is 0 Å². The van der Waals surface area contributed by atoms with Crippen LogP contribution in [0.5, 0.6) is 5.88 Å². The number of aromatic nitrogens is 4. The van der Waals surface area contributed by atoms with E-state index in [0.29, 0.717) is 17.3 Å². The fourth-order valence-corrected chi connectivity index (χ4v) is 1.80. The maximum atomic E-state index is 12.3. The van der Waals surface area contributed by atoms with Crippen LogP contribution in [0.4, 0.5) is 0 Å². The van der Waals surface area contributed by atoms with Gasteiger partial charge < -0.3 is 4.74 Å². The minimum atomic E-state index is -0.139. The number of nitrogens with zero attached hydrogens (tertiary/aromatic N) is 4. The molecule has 2 aromatic rings. The van der Waals surface area contributed by atoms with Gasteiger partial charge in [0.15, 0.2) is 0 Å². The lowest BCUT2D eigenvalue weighted by Gasteiger charge is -2.02. The standard InChI is InChI=1S/C12H16N4O2/c1-4-7-16-10(5-6-13-16)12(17)9-8-11(18-3)15(2)14-9/h5-6,8H,4,7H2,1-3H3. The second-order valence-corrected chi connectivity index (χ2v) is 3.96. The molecule has 6 nitrogen and oxygen atoms in total. The van der Waals surface area contributed by atoms with Gasteiger partial charge in [-0.3, -0.25) is 9.48 Å². The summed E-state index contributed by atoms with van der Waals surface area (Å²) in [5.41, 5.74) is 0.921. The molecule has 2 rings (SSSR count). The fraction of sp³-hybridized carbons (Fsp3) is 0.417. The SMILES string of the molecule is CCCn1nccc1C(=O)c1cc(OC)n(C)n1. The Morgan fingerprint density at radius 2 is 2.28 bits per heavy atom. The van der Waals surface area contributed by atoms with Crippen LogP contribution in [-0.2, 0) is 13.6 Å². The summed E-state index contributed by atoms with van der Waals surface area (Å²) in [6, 6.07) is 3.34. The van der Waals surface area contributed by atoms with Crippen LogP contribution in [0, 0.1) is 0 Å². The monoisotopic (exact) mass is 248 g/mol. The Morgan fingerprint density at radius 3 is 2.89 bits per heavy atom. The molecule has 18 heavy (non-hydrogen) atoms. The highest BCUT2D eigenvalue weighted by molar-refractivity contribution is 6.06. The average molecular weight is 248 g/mol. The van der Waals surface area contributed by atoms with E-state index in [1.165, 1.54) is 4.68 Å². The summed E-state index contributed by atoms with van der Waals surface area (Å²) in [7, 11) is 3.28. The van der Waals surface area contributed by atoms with E-state index in [9.17, 15) is 4.79 Å². The number of methoxy groups -OCH3 is 1. The van der Waals surface area contributed by atoms with Crippen LogP contribution >= 0.6 is 0 Å². The van der Waals surface area contributed by atoms with Gasteiger partial charge in [0.1, 0.15) is 11.4 Å². The van der Waals surface area contributed by atoms with Gasteiger partial charge in [-0.15, -0.1) is 0 Å². The van der Waals surface area contributed by atoms with Crippen LogP contribution in [0.2, 0.25) is 0 Å². The van der Waals surface area contributed by atoms with Gasteiger partial charge in [-0.25, -0.2) is 4.68 Å². The first-order valence-corrected chi connectivity index (χ1v) is 5.82. The molecule has 0 aliphatic carbocycles. The van der Waals surface area contributed by atoms with Crippen molar-refractivity contribution in [3.8, 4) is 5.88 Å². The minimum absolute atomic E-state index is 0.139. The van der Waals surface area contributed by atoms with Crippen LogP contribution < -0.4 is 4.74 Å². The molecule has 0 radical (unpaired) electrons. The smallest absolute Gasteiger partial charge is 0.231 e. The lowest BCUT2D eigenvalue weighted by molar-refractivity contribution is 0.102. The van der Waals surface area contributed by atoms with Gasteiger partial charge in [0, 0.05) is 25.9 Å².